The second-order valence-corrected chi connectivity index (χ2v) is 11.1. The lowest BCUT2D eigenvalue weighted by Crippen LogP contribution is -2.57. The van der Waals surface area contributed by atoms with Crippen LogP contribution in [-0.4, -0.2) is 58.4 Å². The minimum atomic E-state index is -0.577. The predicted octanol–water partition coefficient (Wildman–Crippen LogP) is 5.12. The van der Waals surface area contributed by atoms with E-state index in [4.69, 9.17) is 21.1 Å². The topological polar surface area (TPSA) is 125 Å². The van der Waals surface area contributed by atoms with Crippen LogP contribution in [0.2, 0.25) is 5.02 Å². The lowest BCUT2D eigenvalue weighted by Gasteiger charge is -2.39. The number of carbonyl (C=O) groups excluding carboxylic acids is 2. The summed E-state index contributed by atoms with van der Waals surface area (Å²) in [4.78, 5) is 31.7. The molecule has 2 heterocycles. The van der Waals surface area contributed by atoms with Crippen LogP contribution in [0.4, 0.5) is 10.5 Å². The molecule has 11 heteroatoms. The number of carbonyl (C=O) groups is 2. The molecule has 1 aliphatic rings. The van der Waals surface area contributed by atoms with Crippen molar-refractivity contribution in [2.75, 3.05) is 25.0 Å². The van der Waals surface area contributed by atoms with E-state index in [0.717, 1.165) is 5.56 Å². The summed E-state index contributed by atoms with van der Waals surface area (Å²) >= 11 is 7.19. The van der Waals surface area contributed by atoms with Crippen LogP contribution in [0.25, 0.3) is 10.6 Å². The van der Waals surface area contributed by atoms with Gasteiger partial charge in [-0.05, 0) is 51.1 Å². The number of likely N-dealkylation sites (tertiary alicyclic amines) is 1. The summed E-state index contributed by atoms with van der Waals surface area (Å²) in [5, 5.41) is 23.2. The van der Waals surface area contributed by atoms with Crippen molar-refractivity contribution >= 4 is 40.6 Å². The summed E-state index contributed by atoms with van der Waals surface area (Å²) in [6, 6.07) is 14.0. The molecule has 1 aromatic heterocycles. The number of thiazole rings is 1. The van der Waals surface area contributed by atoms with Crippen LogP contribution >= 0.6 is 22.9 Å². The molecule has 2 N–H and O–H groups in total. The van der Waals surface area contributed by atoms with Crippen molar-refractivity contribution in [3.05, 3.63) is 63.6 Å². The number of aromatic nitrogens is 1. The summed E-state index contributed by atoms with van der Waals surface area (Å²) < 4.78 is 11.3. The number of rotatable bonds is 7. The smallest absolute Gasteiger partial charge is 0.410 e. The van der Waals surface area contributed by atoms with E-state index < -0.39 is 17.6 Å². The monoisotopic (exact) mass is 554 g/mol. The van der Waals surface area contributed by atoms with Crippen molar-refractivity contribution in [3.63, 3.8) is 0 Å². The maximum atomic E-state index is 13.1. The number of anilines is 1. The van der Waals surface area contributed by atoms with Crippen molar-refractivity contribution in [1.82, 2.24) is 9.88 Å². The number of aliphatic hydroxyl groups excluding tert-OH is 1. The molecule has 0 radical (unpaired) electrons. The van der Waals surface area contributed by atoms with Crippen LogP contribution in [0.5, 0.6) is 5.75 Å². The number of halogens is 1. The summed E-state index contributed by atoms with van der Waals surface area (Å²) in [5.74, 6) is -0.0289. The molecule has 198 valence electrons. The van der Waals surface area contributed by atoms with E-state index in [0.29, 0.717) is 45.1 Å². The molecular weight excluding hydrogens is 528 g/mol. The number of nitriles is 1. The highest BCUT2D eigenvalue weighted by atomic mass is 35.5. The zero-order valence-corrected chi connectivity index (χ0v) is 22.7. The highest BCUT2D eigenvalue weighted by molar-refractivity contribution is 7.17. The second-order valence-electron chi connectivity index (χ2n) is 9.68. The third-order valence-electron chi connectivity index (χ3n) is 5.49. The Bertz CT molecular complexity index is 1370. The molecule has 0 atom stereocenters. The van der Waals surface area contributed by atoms with Gasteiger partial charge in [-0.15, -0.1) is 11.3 Å². The van der Waals surface area contributed by atoms with Crippen molar-refractivity contribution in [1.29, 1.82) is 5.26 Å². The first-order valence-electron chi connectivity index (χ1n) is 11.9. The van der Waals surface area contributed by atoms with Crippen molar-refractivity contribution in [3.8, 4) is 22.4 Å². The number of hydrogen-bond acceptors (Lipinski definition) is 8. The van der Waals surface area contributed by atoms with E-state index in [1.807, 2.05) is 12.1 Å². The van der Waals surface area contributed by atoms with Crippen LogP contribution in [0.1, 0.15) is 41.7 Å². The number of amides is 2. The molecule has 9 nitrogen and oxygen atoms in total. The first-order valence-corrected chi connectivity index (χ1v) is 13.1. The van der Waals surface area contributed by atoms with Gasteiger partial charge in [0.25, 0.3) is 5.91 Å². The Morgan fingerprint density at radius 2 is 1.95 bits per heavy atom. The van der Waals surface area contributed by atoms with Crippen LogP contribution in [0.3, 0.4) is 0 Å². The quantitative estimate of drug-likeness (QED) is 0.415. The number of nitrogens with zero attached hydrogens (tertiary/aromatic N) is 3. The molecule has 0 spiro atoms. The summed E-state index contributed by atoms with van der Waals surface area (Å²) in [7, 11) is 0. The Kier molecular flexibility index (Phi) is 8.21. The normalized spacial score (nSPS) is 13.4. The molecular formula is C27H27ClN4O5S. The van der Waals surface area contributed by atoms with Gasteiger partial charge in [-0.25, -0.2) is 9.78 Å². The minimum absolute atomic E-state index is 0.152. The lowest BCUT2D eigenvalue weighted by atomic mass is 10.1. The molecule has 3 aromatic rings. The van der Waals surface area contributed by atoms with Crippen LogP contribution in [0.15, 0.2) is 42.5 Å². The minimum Gasteiger partial charge on any atom is -0.485 e. The predicted molar refractivity (Wildman–Crippen MR) is 145 cm³/mol. The van der Waals surface area contributed by atoms with E-state index in [2.05, 4.69) is 16.4 Å². The molecule has 2 aromatic carbocycles. The zero-order chi connectivity index (χ0) is 27.4. The number of hydrogen-bond donors (Lipinski definition) is 2. The molecule has 1 saturated heterocycles. The fourth-order valence-electron chi connectivity index (χ4n) is 3.67. The third kappa shape index (κ3) is 6.61. The first kappa shape index (κ1) is 27.4. The average molecular weight is 555 g/mol. The van der Waals surface area contributed by atoms with Crippen LogP contribution < -0.4 is 10.1 Å². The van der Waals surface area contributed by atoms with Gasteiger partial charge in [0.2, 0.25) is 0 Å². The summed E-state index contributed by atoms with van der Waals surface area (Å²) in [5.41, 5.74) is 1.39. The molecule has 0 saturated carbocycles. The van der Waals surface area contributed by atoms with Gasteiger partial charge in [0.15, 0.2) is 0 Å². The molecule has 38 heavy (non-hydrogen) atoms. The SMILES string of the molecule is CC(C)(C)OC(=O)N1CC(Oc2ccc(NC(=O)c3sc(-c4ccc(Cl)cc4)nc3CCO)cc2C#N)C1. The highest BCUT2D eigenvalue weighted by Gasteiger charge is 2.35. The Hall–Kier alpha value is -3.65. The molecule has 0 bridgehead atoms. The fraction of sp³-hybridized carbons (Fsp3) is 0.333. The largest absolute Gasteiger partial charge is 0.485 e. The molecule has 2 amide bonds. The average Bonchev–Trinajstić information content (AvgIpc) is 3.25. The van der Waals surface area contributed by atoms with Gasteiger partial charge in [-0.3, -0.25) is 4.79 Å². The Morgan fingerprint density at radius 3 is 2.58 bits per heavy atom. The van der Waals surface area contributed by atoms with E-state index in [1.54, 1.807) is 45.0 Å². The van der Waals surface area contributed by atoms with Gasteiger partial charge >= 0.3 is 6.09 Å². The number of nitrogens with one attached hydrogen (secondary N) is 1. The van der Waals surface area contributed by atoms with E-state index >= 15 is 0 Å². The fourth-order valence-corrected chi connectivity index (χ4v) is 4.81. The standard InChI is InChI=1S/C27H27ClN4O5S/c1-27(2,3)37-26(35)32-14-20(15-32)36-22-9-8-19(12-17(22)13-29)30-24(34)23-21(10-11-33)31-25(38-23)16-4-6-18(28)7-5-16/h4-9,12,20,33H,10-11,14-15H2,1-3H3,(H,30,34). The van der Waals surface area contributed by atoms with Gasteiger partial charge in [0.1, 0.15) is 33.4 Å². The molecule has 1 aliphatic heterocycles. The Morgan fingerprint density at radius 1 is 1.24 bits per heavy atom. The number of ether oxygens (including phenoxy) is 2. The van der Waals surface area contributed by atoms with Crippen molar-refractivity contribution < 1.29 is 24.2 Å². The van der Waals surface area contributed by atoms with Gasteiger partial charge in [-0.1, -0.05) is 23.7 Å². The van der Waals surface area contributed by atoms with E-state index in [1.165, 1.54) is 22.3 Å². The van der Waals surface area contributed by atoms with Crippen molar-refractivity contribution in [2.24, 2.45) is 0 Å². The molecule has 4 rings (SSSR count). The second kappa shape index (κ2) is 11.4. The summed E-state index contributed by atoms with van der Waals surface area (Å²) in [6.45, 7) is 5.97. The van der Waals surface area contributed by atoms with Gasteiger partial charge in [0, 0.05) is 29.3 Å². The Labute approximate surface area is 229 Å². The van der Waals surface area contributed by atoms with Gasteiger partial charge in [-0.2, -0.15) is 5.26 Å². The van der Waals surface area contributed by atoms with E-state index in [9.17, 15) is 20.0 Å². The number of benzene rings is 2. The van der Waals surface area contributed by atoms with Gasteiger partial charge < -0.3 is 24.8 Å². The highest BCUT2D eigenvalue weighted by Crippen LogP contribution is 2.31. The molecule has 1 fully saturated rings. The van der Waals surface area contributed by atoms with Crippen molar-refractivity contribution in [2.45, 2.75) is 38.9 Å². The molecule has 0 unspecified atom stereocenters. The lowest BCUT2D eigenvalue weighted by molar-refractivity contribution is -0.0222. The van der Waals surface area contributed by atoms with Crippen LogP contribution in [-0.2, 0) is 11.2 Å². The Balaban J connectivity index is 1.43. The summed E-state index contributed by atoms with van der Waals surface area (Å²) in [6.07, 6.45) is -0.441. The maximum Gasteiger partial charge on any atom is 0.410 e. The molecule has 0 aliphatic carbocycles. The zero-order valence-electron chi connectivity index (χ0n) is 21.2. The first-order chi connectivity index (χ1) is 18.1. The maximum absolute atomic E-state index is 13.1. The van der Waals surface area contributed by atoms with Gasteiger partial charge in [0.05, 0.1) is 24.3 Å². The number of aliphatic hydroxyl groups is 1. The van der Waals surface area contributed by atoms with E-state index in [-0.39, 0.29) is 24.7 Å². The third-order valence-corrected chi connectivity index (χ3v) is 6.89. The van der Waals surface area contributed by atoms with Crippen LogP contribution in [0, 0.1) is 11.3 Å².